The van der Waals surface area contributed by atoms with Crippen LogP contribution >= 0.6 is 0 Å². The molecule has 0 aliphatic heterocycles. The smallest absolute Gasteiger partial charge is 0.167 e. The molecule has 4 N–H and O–H groups in total. The normalized spacial score (nSPS) is 15.1. The van der Waals surface area contributed by atoms with Gasteiger partial charge in [-0.15, -0.1) is 0 Å². The van der Waals surface area contributed by atoms with E-state index < -0.39 is 41.8 Å². The molecular weight excluding hydrogens is 211 g/mol. The fourth-order valence-corrected chi connectivity index (χ4v) is 1.14. The first-order valence-corrected chi connectivity index (χ1v) is 4.18. The van der Waals surface area contributed by atoms with Crippen LogP contribution in [-0.2, 0) is 0 Å². The lowest BCUT2D eigenvalue weighted by atomic mass is 10.0. The zero-order chi connectivity index (χ0) is 11.6. The lowest BCUT2D eigenvalue weighted by molar-refractivity contribution is 0.0195. The van der Waals surface area contributed by atoms with Gasteiger partial charge in [0.1, 0.15) is 11.9 Å². The number of benzene rings is 1. The number of halogens is 3. The summed E-state index contributed by atoms with van der Waals surface area (Å²) in [6.07, 6.45) is -3.43. The van der Waals surface area contributed by atoms with E-state index in [9.17, 15) is 18.3 Å². The minimum atomic E-state index is -1.88. The van der Waals surface area contributed by atoms with E-state index in [0.717, 1.165) is 0 Å². The van der Waals surface area contributed by atoms with Crippen molar-refractivity contribution in [1.29, 1.82) is 0 Å². The minimum Gasteiger partial charge on any atom is -0.389 e. The van der Waals surface area contributed by atoms with E-state index in [0.29, 0.717) is 12.1 Å². The number of nitrogens with two attached hydrogens (primary N) is 1. The van der Waals surface area contributed by atoms with Gasteiger partial charge >= 0.3 is 0 Å². The number of hydrogen-bond acceptors (Lipinski definition) is 3. The lowest BCUT2D eigenvalue weighted by Gasteiger charge is -2.17. The van der Waals surface area contributed by atoms with Gasteiger partial charge in [-0.05, 0) is 12.1 Å². The number of hydrogen-bond donors (Lipinski definition) is 3. The van der Waals surface area contributed by atoms with Gasteiger partial charge < -0.3 is 15.9 Å². The molecule has 1 aromatic rings. The average molecular weight is 221 g/mol. The molecule has 84 valence electrons. The summed E-state index contributed by atoms with van der Waals surface area (Å²) in [7, 11) is 0. The van der Waals surface area contributed by atoms with Crippen molar-refractivity contribution < 1.29 is 23.4 Å². The Kier molecular flexibility index (Phi) is 3.67. The van der Waals surface area contributed by atoms with Crippen LogP contribution in [0.1, 0.15) is 11.7 Å². The molecule has 1 aromatic carbocycles. The summed E-state index contributed by atoms with van der Waals surface area (Å²) < 4.78 is 38.9. The molecule has 0 fully saturated rings. The van der Waals surface area contributed by atoms with Crippen molar-refractivity contribution in [1.82, 2.24) is 0 Å². The largest absolute Gasteiger partial charge is 0.389 e. The second kappa shape index (κ2) is 4.61. The Hall–Kier alpha value is -1.11. The predicted molar refractivity (Wildman–Crippen MR) is 46.3 cm³/mol. The fraction of sp³-hybridized carbons (Fsp3) is 0.333. The lowest BCUT2D eigenvalue weighted by Crippen LogP contribution is -2.28. The molecule has 6 heteroatoms. The summed E-state index contributed by atoms with van der Waals surface area (Å²) >= 11 is 0. The van der Waals surface area contributed by atoms with Crippen LogP contribution in [0.3, 0.4) is 0 Å². The molecule has 2 atom stereocenters. The highest BCUT2D eigenvalue weighted by molar-refractivity contribution is 5.24. The van der Waals surface area contributed by atoms with E-state index in [2.05, 4.69) is 0 Å². The molecular formula is C9H10F3NO2. The van der Waals surface area contributed by atoms with Crippen LogP contribution in [0.2, 0.25) is 0 Å². The van der Waals surface area contributed by atoms with Gasteiger partial charge in [0.25, 0.3) is 0 Å². The predicted octanol–water partition coefficient (Wildman–Crippen LogP) is 0.457. The Morgan fingerprint density at radius 2 is 1.67 bits per heavy atom. The first-order valence-electron chi connectivity index (χ1n) is 4.18. The minimum absolute atomic E-state index is 0.392. The van der Waals surface area contributed by atoms with Crippen LogP contribution < -0.4 is 5.73 Å². The Labute approximate surface area is 84.0 Å². The SMILES string of the molecule is NCC(O)C(O)c1c(F)ccc(F)c1F. The van der Waals surface area contributed by atoms with E-state index in [4.69, 9.17) is 10.8 Å². The van der Waals surface area contributed by atoms with Crippen LogP contribution in [0, 0.1) is 17.5 Å². The summed E-state index contributed by atoms with van der Waals surface area (Å²) in [6, 6.07) is 1.26. The molecule has 0 aromatic heterocycles. The van der Waals surface area contributed by atoms with E-state index >= 15 is 0 Å². The molecule has 2 unspecified atom stereocenters. The maximum absolute atomic E-state index is 13.1. The van der Waals surface area contributed by atoms with Crippen LogP contribution in [0.25, 0.3) is 0 Å². The first-order chi connectivity index (χ1) is 6.99. The van der Waals surface area contributed by atoms with Gasteiger partial charge in [-0.3, -0.25) is 0 Å². The van der Waals surface area contributed by atoms with Crippen molar-refractivity contribution >= 4 is 0 Å². The zero-order valence-corrected chi connectivity index (χ0v) is 7.62. The van der Waals surface area contributed by atoms with Crippen molar-refractivity contribution in [2.24, 2.45) is 5.73 Å². The highest BCUT2D eigenvalue weighted by atomic mass is 19.2. The second-order valence-electron chi connectivity index (χ2n) is 3.00. The summed E-state index contributed by atoms with van der Waals surface area (Å²) in [5, 5.41) is 18.4. The topological polar surface area (TPSA) is 66.5 Å². The maximum Gasteiger partial charge on any atom is 0.167 e. The van der Waals surface area contributed by atoms with E-state index in [-0.39, 0.29) is 0 Å². The molecule has 1 rings (SSSR count). The van der Waals surface area contributed by atoms with Gasteiger partial charge in [0.2, 0.25) is 0 Å². The summed E-state index contributed by atoms with van der Waals surface area (Å²) in [6.45, 7) is -0.392. The molecule has 0 heterocycles. The van der Waals surface area contributed by atoms with Crippen LogP contribution in [0.5, 0.6) is 0 Å². The van der Waals surface area contributed by atoms with Gasteiger partial charge in [-0.1, -0.05) is 0 Å². The molecule has 0 saturated heterocycles. The number of rotatable bonds is 3. The fourth-order valence-electron chi connectivity index (χ4n) is 1.14. The van der Waals surface area contributed by atoms with Crippen molar-refractivity contribution in [3.05, 3.63) is 35.1 Å². The van der Waals surface area contributed by atoms with Crippen molar-refractivity contribution in [2.45, 2.75) is 12.2 Å². The third-order valence-corrected chi connectivity index (χ3v) is 1.98. The highest BCUT2D eigenvalue weighted by Crippen LogP contribution is 2.24. The molecule has 3 nitrogen and oxygen atoms in total. The van der Waals surface area contributed by atoms with E-state index in [1.165, 1.54) is 0 Å². The molecule has 0 aliphatic carbocycles. The molecule has 0 amide bonds. The van der Waals surface area contributed by atoms with E-state index in [1.807, 2.05) is 0 Å². The van der Waals surface area contributed by atoms with Gasteiger partial charge in [-0.25, -0.2) is 13.2 Å². The van der Waals surface area contributed by atoms with Gasteiger partial charge in [0.05, 0.1) is 11.7 Å². The van der Waals surface area contributed by atoms with Gasteiger partial charge in [-0.2, -0.15) is 0 Å². The third-order valence-electron chi connectivity index (χ3n) is 1.98. The van der Waals surface area contributed by atoms with Crippen molar-refractivity contribution in [3.63, 3.8) is 0 Å². The van der Waals surface area contributed by atoms with Crippen molar-refractivity contribution in [3.8, 4) is 0 Å². The highest BCUT2D eigenvalue weighted by Gasteiger charge is 2.25. The quantitative estimate of drug-likeness (QED) is 0.649. The Morgan fingerprint density at radius 1 is 1.13 bits per heavy atom. The molecule has 0 saturated carbocycles. The molecule has 0 bridgehead atoms. The Balaban J connectivity index is 3.18. The average Bonchev–Trinajstić information content (AvgIpc) is 2.22. The molecule has 0 aliphatic rings. The van der Waals surface area contributed by atoms with Crippen LogP contribution in [-0.4, -0.2) is 22.9 Å². The number of aliphatic hydroxyl groups excluding tert-OH is 2. The van der Waals surface area contributed by atoms with E-state index in [1.54, 1.807) is 0 Å². The monoisotopic (exact) mass is 221 g/mol. The third kappa shape index (κ3) is 2.28. The standard InChI is InChI=1S/C9H10F3NO2/c10-4-1-2-5(11)8(12)7(4)9(15)6(14)3-13/h1-2,6,9,14-15H,3,13H2. The molecule has 0 radical (unpaired) electrons. The summed E-state index contributed by atoms with van der Waals surface area (Å²) in [5.41, 5.74) is 4.09. The van der Waals surface area contributed by atoms with Gasteiger partial charge in [0.15, 0.2) is 11.6 Å². The van der Waals surface area contributed by atoms with Crippen LogP contribution in [0.4, 0.5) is 13.2 Å². The summed E-state index contributed by atoms with van der Waals surface area (Å²) in [5.74, 6) is -3.95. The van der Waals surface area contributed by atoms with Crippen molar-refractivity contribution in [2.75, 3.05) is 6.54 Å². The molecule has 0 spiro atoms. The maximum atomic E-state index is 13.1. The summed E-state index contributed by atoms with van der Waals surface area (Å²) in [4.78, 5) is 0. The number of aliphatic hydroxyl groups is 2. The van der Waals surface area contributed by atoms with Gasteiger partial charge in [0, 0.05) is 6.54 Å². The zero-order valence-electron chi connectivity index (χ0n) is 7.62. The Morgan fingerprint density at radius 3 is 2.20 bits per heavy atom. The first kappa shape index (κ1) is 12.0. The van der Waals surface area contributed by atoms with Crippen LogP contribution in [0.15, 0.2) is 12.1 Å². The second-order valence-corrected chi connectivity index (χ2v) is 3.00. The molecule has 15 heavy (non-hydrogen) atoms. The Bertz CT molecular complexity index is 359.